The summed E-state index contributed by atoms with van der Waals surface area (Å²) >= 11 is 9.29. The number of carbonyl (C=O) groups is 1. The Morgan fingerprint density at radius 2 is 2.06 bits per heavy atom. The van der Waals surface area contributed by atoms with Gasteiger partial charge in [-0.25, -0.2) is 0 Å². The van der Waals surface area contributed by atoms with Crippen molar-refractivity contribution >= 4 is 33.3 Å². The number of benzene rings is 1. The summed E-state index contributed by atoms with van der Waals surface area (Å²) in [5.74, 6) is -0.00417. The minimum Gasteiger partial charge on any atom is -0.294 e. The highest BCUT2D eigenvalue weighted by molar-refractivity contribution is 9.10. The summed E-state index contributed by atoms with van der Waals surface area (Å²) in [5.41, 5.74) is 1.42. The van der Waals surface area contributed by atoms with Gasteiger partial charge >= 0.3 is 0 Å². The lowest BCUT2D eigenvalue weighted by Gasteiger charge is -2.03. The third kappa shape index (κ3) is 3.14. The van der Waals surface area contributed by atoms with Crippen LogP contribution < -0.4 is 0 Å². The Morgan fingerprint density at radius 3 is 2.76 bits per heavy atom. The van der Waals surface area contributed by atoms with Crippen molar-refractivity contribution in [1.29, 1.82) is 0 Å². The predicted molar refractivity (Wildman–Crippen MR) is 71.4 cm³/mol. The number of ketones is 1. The fourth-order valence-electron chi connectivity index (χ4n) is 1.52. The van der Waals surface area contributed by atoms with Crippen molar-refractivity contribution in [2.24, 2.45) is 0 Å². The Morgan fingerprint density at radius 1 is 1.29 bits per heavy atom. The molecule has 1 heterocycles. The standard InChI is InChI=1S/C13H9BrClNO/c14-10-5-9(7-16-8-10)6-13(17)11-3-1-2-4-12(11)15/h1-5,7-8H,6H2. The van der Waals surface area contributed by atoms with Crippen molar-refractivity contribution < 1.29 is 4.79 Å². The number of nitrogens with zero attached hydrogens (tertiary/aromatic N) is 1. The van der Waals surface area contributed by atoms with Gasteiger partial charge in [0.15, 0.2) is 5.78 Å². The Bertz CT molecular complexity index is 557. The second-order valence-corrected chi connectivity index (χ2v) is 4.91. The number of hydrogen-bond acceptors (Lipinski definition) is 2. The van der Waals surface area contributed by atoms with Crippen molar-refractivity contribution in [3.8, 4) is 0 Å². The third-order valence-corrected chi connectivity index (χ3v) is 3.06. The molecule has 0 atom stereocenters. The second-order valence-electron chi connectivity index (χ2n) is 3.59. The molecule has 0 bridgehead atoms. The summed E-state index contributed by atoms with van der Waals surface area (Å²) in [4.78, 5) is 16.0. The zero-order chi connectivity index (χ0) is 12.3. The summed E-state index contributed by atoms with van der Waals surface area (Å²) in [7, 11) is 0. The van der Waals surface area contributed by atoms with Crippen LogP contribution in [-0.2, 0) is 6.42 Å². The van der Waals surface area contributed by atoms with Gasteiger partial charge in [0, 0.05) is 28.9 Å². The Kier molecular flexibility index (Phi) is 3.92. The van der Waals surface area contributed by atoms with Gasteiger partial charge in [0.25, 0.3) is 0 Å². The van der Waals surface area contributed by atoms with E-state index in [9.17, 15) is 4.79 Å². The molecule has 0 amide bonds. The molecule has 2 aromatic rings. The number of halogens is 2. The van der Waals surface area contributed by atoms with Crippen LogP contribution in [0.4, 0.5) is 0 Å². The van der Waals surface area contributed by atoms with E-state index in [-0.39, 0.29) is 5.78 Å². The van der Waals surface area contributed by atoms with E-state index in [0.29, 0.717) is 17.0 Å². The SMILES string of the molecule is O=C(Cc1cncc(Br)c1)c1ccccc1Cl. The van der Waals surface area contributed by atoms with Crippen LogP contribution in [0.3, 0.4) is 0 Å². The van der Waals surface area contributed by atoms with E-state index in [2.05, 4.69) is 20.9 Å². The summed E-state index contributed by atoms with van der Waals surface area (Å²) in [5, 5.41) is 0.487. The van der Waals surface area contributed by atoms with Gasteiger partial charge in [-0.15, -0.1) is 0 Å². The number of hydrogen-bond donors (Lipinski definition) is 0. The van der Waals surface area contributed by atoms with Crippen LogP contribution in [0.25, 0.3) is 0 Å². The summed E-state index contributed by atoms with van der Waals surface area (Å²) < 4.78 is 0.863. The first-order valence-corrected chi connectivity index (χ1v) is 6.21. The van der Waals surface area contributed by atoms with Crippen LogP contribution in [0.2, 0.25) is 5.02 Å². The Balaban J connectivity index is 2.20. The molecule has 4 heteroatoms. The van der Waals surface area contributed by atoms with Gasteiger partial charge in [-0.1, -0.05) is 23.7 Å². The van der Waals surface area contributed by atoms with Crippen LogP contribution >= 0.6 is 27.5 Å². The molecule has 0 spiro atoms. The van der Waals surface area contributed by atoms with Gasteiger partial charge in [0.1, 0.15) is 0 Å². The maximum absolute atomic E-state index is 12.0. The molecule has 1 aromatic heterocycles. The molecule has 17 heavy (non-hydrogen) atoms. The Hall–Kier alpha value is -1.19. The maximum Gasteiger partial charge on any atom is 0.168 e. The number of rotatable bonds is 3. The second kappa shape index (κ2) is 5.43. The Labute approximate surface area is 113 Å². The topological polar surface area (TPSA) is 30.0 Å². The first-order valence-electron chi connectivity index (χ1n) is 5.04. The van der Waals surface area contributed by atoms with Crippen molar-refractivity contribution in [1.82, 2.24) is 4.98 Å². The zero-order valence-corrected chi connectivity index (χ0v) is 11.2. The number of aromatic nitrogens is 1. The molecular weight excluding hydrogens is 302 g/mol. The third-order valence-electron chi connectivity index (χ3n) is 2.30. The molecule has 0 aliphatic heterocycles. The molecular formula is C13H9BrClNO. The van der Waals surface area contributed by atoms with Crippen LogP contribution in [0.15, 0.2) is 47.2 Å². The smallest absolute Gasteiger partial charge is 0.168 e. The first-order chi connectivity index (χ1) is 8.16. The summed E-state index contributed by atoms with van der Waals surface area (Å²) in [6.45, 7) is 0. The molecule has 0 radical (unpaired) electrons. The number of Topliss-reactive ketones (excluding diaryl/α,β-unsaturated/α-hetero) is 1. The van der Waals surface area contributed by atoms with E-state index in [1.165, 1.54) is 0 Å². The predicted octanol–water partition coefficient (Wildman–Crippen LogP) is 3.92. The van der Waals surface area contributed by atoms with Gasteiger partial charge in [0.2, 0.25) is 0 Å². The highest BCUT2D eigenvalue weighted by Gasteiger charge is 2.10. The molecule has 86 valence electrons. The van der Waals surface area contributed by atoms with Crippen LogP contribution in [0, 0.1) is 0 Å². The van der Waals surface area contributed by atoms with Crippen molar-refractivity contribution in [3.05, 3.63) is 63.3 Å². The van der Waals surface area contributed by atoms with Gasteiger partial charge in [-0.05, 0) is 39.7 Å². The lowest BCUT2D eigenvalue weighted by atomic mass is 10.0. The lowest BCUT2D eigenvalue weighted by Crippen LogP contribution is -2.04. The highest BCUT2D eigenvalue weighted by Crippen LogP contribution is 2.18. The van der Waals surface area contributed by atoms with E-state index in [1.54, 1.807) is 36.7 Å². The monoisotopic (exact) mass is 309 g/mol. The average Bonchev–Trinajstić information content (AvgIpc) is 2.29. The normalized spacial score (nSPS) is 10.2. The van der Waals surface area contributed by atoms with Gasteiger partial charge in [-0.2, -0.15) is 0 Å². The van der Waals surface area contributed by atoms with E-state index in [1.807, 2.05) is 6.07 Å². The minimum atomic E-state index is -0.00417. The lowest BCUT2D eigenvalue weighted by molar-refractivity contribution is 0.0993. The molecule has 0 aliphatic rings. The van der Waals surface area contributed by atoms with Gasteiger partial charge < -0.3 is 0 Å². The molecule has 0 unspecified atom stereocenters. The van der Waals surface area contributed by atoms with Crippen molar-refractivity contribution in [2.45, 2.75) is 6.42 Å². The van der Waals surface area contributed by atoms with E-state index >= 15 is 0 Å². The molecule has 1 aromatic carbocycles. The summed E-state index contributed by atoms with van der Waals surface area (Å²) in [6.07, 6.45) is 3.67. The fraction of sp³-hybridized carbons (Fsp3) is 0.0769. The van der Waals surface area contributed by atoms with E-state index in [0.717, 1.165) is 10.0 Å². The largest absolute Gasteiger partial charge is 0.294 e. The average molecular weight is 311 g/mol. The van der Waals surface area contributed by atoms with Crippen molar-refractivity contribution in [3.63, 3.8) is 0 Å². The van der Waals surface area contributed by atoms with E-state index in [4.69, 9.17) is 11.6 Å². The van der Waals surface area contributed by atoms with Crippen LogP contribution in [0.1, 0.15) is 15.9 Å². The minimum absolute atomic E-state index is 0.00417. The molecule has 0 N–H and O–H groups in total. The fourth-order valence-corrected chi connectivity index (χ4v) is 2.17. The molecule has 0 saturated heterocycles. The first kappa shape index (κ1) is 12.3. The zero-order valence-electron chi connectivity index (χ0n) is 8.86. The molecule has 2 nitrogen and oxygen atoms in total. The van der Waals surface area contributed by atoms with E-state index < -0.39 is 0 Å². The summed E-state index contributed by atoms with van der Waals surface area (Å²) in [6, 6.07) is 8.93. The molecule has 2 rings (SSSR count). The van der Waals surface area contributed by atoms with Crippen LogP contribution in [0.5, 0.6) is 0 Å². The maximum atomic E-state index is 12.0. The van der Waals surface area contributed by atoms with Gasteiger partial charge in [-0.3, -0.25) is 9.78 Å². The molecule has 0 saturated carbocycles. The number of pyridine rings is 1. The van der Waals surface area contributed by atoms with Gasteiger partial charge in [0.05, 0.1) is 5.02 Å². The number of carbonyl (C=O) groups excluding carboxylic acids is 1. The molecule has 0 fully saturated rings. The quantitative estimate of drug-likeness (QED) is 0.804. The van der Waals surface area contributed by atoms with Crippen molar-refractivity contribution in [2.75, 3.05) is 0 Å². The highest BCUT2D eigenvalue weighted by atomic mass is 79.9. The molecule has 0 aliphatic carbocycles. The van der Waals surface area contributed by atoms with Crippen LogP contribution in [-0.4, -0.2) is 10.8 Å².